The lowest BCUT2D eigenvalue weighted by Crippen LogP contribution is -2.79. The molecule has 0 radical (unpaired) electrons. The fourth-order valence-electron chi connectivity index (χ4n) is 3.48. The average Bonchev–Trinajstić information content (AvgIpc) is 2.99. The number of alkyl halides is 31. The van der Waals surface area contributed by atoms with Gasteiger partial charge in [0.25, 0.3) is 0 Å². The Bertz CT molecular complexity index is 1570. The van der Waals surface area contributed by atoms with Crippen LogP contribution in [0.5, 0.6) is 0 Å². The van der Waals surface area contributed by atoms with E-state index in [1.165, 1.54) is 0 Å². The molecule has 32 heteroatoms. The summed E-state index contributed by atoms with van der Waals surface area (Å²) in [6.07, 6.45) is -8.35. The van der Waals surface area contributed by atoms with E-state index in [9.17, 15) is 136 Å². The minimum atomic E-state index is -10.1. The van der Waals surface area contributed by atoms with Gasteiger partial charge in [0.1, 0.15) is 0 Å². The summed E-state index contributed by atoms with van der Waals surface area (Å²) >= 11 is 0. The fraction of sp³-hybridized carbons (Fsp3) is 0.682. The minimum absolute atomic E-state index is 0.0701. The zero-order chi connectivity index (χ0) is 44.2. The second kappa shape index (κ2) is 12.3. The van der Waals surface area contributed by atoms with E-state index in [4.69, 9.17) is 5.26 Å². The summed E-state index contributed by atoms with van der Waals surface area (Å²) in [6, 6.07) is -0.311. The van der Waals surface area contributed by atoms with Gasteiger partial charge in [-0.25, -0.2) is 0 Å². The lowest BCUT2D eigenvalue weighted by Gasteiger charge is -2.46. The fourth-order valence-corrected chi connectivity index (χ4v) is 3.48. The lowest BCUT2D eigenvalue weighted by atomic mass is 9.82. The molecule has 1 aromatic rings. The van der Waals surface area contributed by atoms with Gasteiger partial charge in [0.05, 0.1) is 11.6 Å². The van der Waals surface area contributed by atoms with Crippen LogP contribution in [-0.2, 0) is 5.92 Å². The van der Waals surface area contributed by atoms with Crippen molar-refractivity contribution in [3.8, 4) is 6.07 Å². The first kappa shape index (κ1) is 48.6. The molecule has 0 aromatic heterocycles. The molecule has 1 rings (SSSR count). The number of nitriles is 1. The third-order valence-electron chi connectivity index (χ3n) is 6.86. The highest BCUT2D eigenvalue weighted by atomic mass is 19.4. The van der Waals surface area contributed by atoms with Crippen molar-refractivity contribution in [2.45, 2.75) is 89.1 Å². The zero-order valence-corrected chi connectivity index (χ0v) is 23.5. The van der Waals surface area contributed by atoms with Gasteiger partial charge in [-0.15, -0.1) is 0 Å². The summed E-state index contributed by atoms with van der Waals surface area (Å²) in [5, 5.41) is 8.45. The van der Waals surface area contributed by atoms with Crippen molar-refractivity contribution in [3.05, 3.63) is 35.4 Å². The topological polar surface area (TPSA) is 23.8 Å². The number of rotatable bonds is 14. The van der Waals surface area contributed by atoms with Gasteiger partial charge in [-0.3, -0.25) is 0 Å². The number of benzene rings is 1. The molecule has 0 spiro atoms. The Labute approximate surface area is 273 Å². The van der Waals surface area contributed by atoms with E-state index in [1.807, 2.05) is 0 Å². The first-order valence-electron chi connectivity index (χ1n) is 11.9. The highest BCUT2D eigenvalue weighted by Crippen LogP contribution is 2.69. The van der Waals surface area contributed by atoms with Crippen molar-refractivity contribution < 1.29 is 136 Å². The molecular formula is C22H4F31N. The van der Waals surface area contributed by atoms with Crippen LogP contribution in [0.25, 0.3) is 0 Å². The first-order chi connectivity index (χ1) is 23.0. The maximum Gasteiger partial charge on any atom is 0.460 e. The summed E-state index contributed by atoms with van der Waals surface area (Å²) in [4.78, 5) is 0. The lowest BCUT2D eigenvalue weighted by molar-refractivity contribution is -0.489. The quantitative estimate of drug-likeness (QED) is 0.171. The highest BCUT2D eigenvalue weighted by Gasteiger charge is 3.01. The average molecular weight is 871 g/mol. The van der Waals surface area contributed by atoms with Crippen LogP contribution in [0.2, 0.25) is 0 Å². The summed E-state index contributed by atoms with van der Waals surface area (Å²) < 4.78 is 422. The maximum absolute atomic E-state index is 14.2. The molecule has 0 aliphatic carbocycles. The second-order valence-electron chi connectivity index (χ2n) is 10.2. The van der Waals surface area contributed by atoms with Crippen LogP contribution in [0.4, 0.5) is 136 Å². The molecule has 1 aromatic carbocycles. The Morgan fingerprint density at radius 2 is 0.463 bits per heavy atom. The van der Waals surface area contributed by atoms with E-state index in [0.29, 0.717) is 0 Å². The standard InChI is InChI=1S/C22H4F31N/c23-8(24,7-3-1-6(5-54)2-4-7)9(25,26)10(27,28)11(29,30)12(31,32)13(33,34)14(35,36)15(37,38)16(39,40)17(41,42)18(43,44)19(45,46)20(47,48)21(49,50)22(51,52)53/h1-4H. The normalized spacial score (nSPS) is 16.4. The SMILES string of the molecule is N#Cc1ccc(C(F)(F)C(F)(F)C(F)(F)C(F)(F)C(F)(F)C(F)(F)C(F)(F)C(F)(F)C(F)(F)C(F)(F)C(F)(F)C(F)(F)C(F)(F)C(F)(F)C(F)(F)F)cc1. The molecule has 0 bridgehead atoms. The molecule has 0 saturated carbocycles. The van der Waals surface area contributed by atoms with Crippen molar-refractivity contribution in [1.29, 1.82) is 5.26 Å². The zero-order valence-electron chi connectivity index (χ0n) is 23.5. The van der Waals surface area contributed by atoms with Crippen LogP contribution in [0.15, 0.2) is 24.3 Å². The van der Waals surface area contributed by atoms with Gasteiger partial charge in [-0.1, -0.05) is 12.1 Å². The number of hydrogen-bond acceptors (Lipinski definition) is 1. The van der Waals surface area contributed by atoms with Crippen molar-refractivity contribution in [2.24, 2.45) is 0 Å². The molecule has 0 aliphatic heterocycles. The van der Waals surface area contributed by atoms with Crippen LogP contribution in [0, 0.1) is 11.3 Å². The summed E-state index contributed by atoms with van der Waals surface area (Å²) in [5.74, 6) is -132. The van der Waals surface area contributed by atoms with Crippen LogP contribution in [-0.4, -0.2) is 83.2 Å². The second-order valence-corrected chi connectivity index (χ2v) is 10.2. The van der Waals surface area contributed by atoms with Gasteiger partial charge < -0.3 is 0 Å². The smallest absolute Gasteiger partial charge is 0.194 e. The number of hydrogen-bond donors (Lipinski definition) is 0. The predicted molar refractivity (Wildman–Crippen MR) is 105 cm³/mol. The molecule has 0 fully saturated rings. The number of halogens is 31. The van der Waals surface area contributed by atoms with Crippen molar-refractivity contribution in [2.75, 3.05) is 0 Å². The van der Waals surface area contributed by atoms with Crippen LogP contribution in [0.1, 0.15) is 11.1 Å². The summed E-state index contributed by atoms with van der Waals surface area (Å²) in [6.45, 7) is 0. The van der Waals surface area contributed by atoms with Crippen LogP contribution < -0.4 is 0 Å². The van der Waals surface area contributed by atoms with Crippen molar-refractivity contribution in [3.63, 3.8) is 0 Å². The molecule has 0 N–H and O–H groups in total. The molecule has 0 heterocycles. The van der Waals surface area contributed by atoms with E-state index >= 15 is 0 Å². The van der Waals surface area contributed by atoms with Crippen LogP contribution in [0.3, 0.4) is 0 Å². The minimum Gasteiger partial charge on any atom is -0.194 e. The van der Waals surface area contributed by atoms with Crippen molar-refractivity contribution in [1.82, 2.24) is 0 Å². The first-order valence-corrected chi connectivity index (χ1v) is 11.9. The van der Waals surface area contributed by atoms with Gasteiger partial charge in [0.15, 0.2) is 0 Å². The highest BCUT2D eigenvalue weighted by molar-refractivity contribution is 5.35. The van der Waals surface area contributed by atoms with E-state index in [1.54, 1.807) is 0 Å². The molecule has 0 atom stereocenters. The Morgan fingerprint density at radius 1 is 0.278 bits per heavy atom. The predicted octanol–water partition coefficient (Wildman–Crippen LogP) is 11.5. The van der Waals surface area contributed by atoms with E-state index in [0.717, 1.165) is 6.07 Å². The maximum atomic E-state index is 14.2. The summed E-state index contributed by atoms with van der Waals surface area (Å²) in [7, 11) is 0. The molecule has 1 nitrogen and oxygen atoms in total. The van der Waals surface area contributed by atoms with Crippen molar-refractivity contribution >= 4 is 0 Å². The van der Waals surface area contributed by atoms with Gasteiger partial charge in [-0.2, -0.15) is 141 Å². The van der Waals surface area contributed by atoms with E-state index in [2.05, 4.69) is 0 Å². The van der Waals surface area contributed by atoms with E-state index in [-0.39, 0.29) is 12.1 Å². The molecule has 0 amide bonds. The number of nitrogens with zero attached hydrogens (tertiary/aromatic N) is 1. The van der Waals surface area contributed by atoms with Crippen LogP contribution >= 0.6 is 0 Å². The molecule has 0 aliphatic rings. The Morgan fingerprint density at radius 3 is 0.648 bits per heavy atom. The Hall–Kier alpha value is -3.46. The van der Waals surface area contributed by atoms with Gasteiger partial charge in [0, 0.05) is 5.56 Å². The van der Waals surface area contributed by atoms with E-state index < -0.39 is 112 Å². The largest absolute Gasteiger partial charge is 0.460 e. The van der Waals surface area contributed by atoms with Gasteiger partial charge >= 0.3 is 89.1 Å². The molecule has 0 unspecified atom stereocenters. The third kappa shape index (κ3) is 5.55. The third-order valence-corrected chi connectivity index (χ3v) is 6.86. The molecular weight excluding hydrogens is 867 g/mol. The van der Waals surface area contributed by atoms with Gasteiger partial charge in [-0.05, 0) is 12.1 Å². The monoisotopic (exact) mass is 871 g/mol. The summed E-state index contributed by atoms with van der Waals surface area (Å²) in [5.41, 5.74) is -3.67. The Kier molecular flexibility index (Phi) is 11.0. The Balaban J connectivity index is 4.02. The molecule has 54 heavy (non-hydrogen) atoms. The van der Waals surface area contributed by atoms with Gasteiger partial charge in [0.2, 0.25) is 0 Å². The molecule has 314 valence electrons. The molecule has 0 saturated heterocycles.